The molecule has 104 valence electrons. The lowest BCUT2D eigenvalue weighted by atomic mass is 10.3. The van der Waals surface area contributed by atoms with Crippen LogP contribution >= 0.6 is 19.4 Å². The molecule has 0 N–H and O–H groups in total. The second-order valence-electron chi connectivity index (χ2n) is 3.29. The van der Waals surface area contributed by atoms with Crippen LogP contribution in [0.15, 0.2) is 16.7 Å². The maximum absolute atomic E-state index is 12.3. The number of carbonyl (C=O) groups is 1. The van der Waals surface area contributed by atoms with E-state index in [1.165, 1.54) is 6.26 Å². The Labute approximate surface area is 115 Å². The fraction of sp³-hybridized carbons (Fsp3) is 0.455. The lowest BCUT2D eigenvalue weighted by molar-refractivity contribution is 0.0975. The first-order valence-electron chi connectivity index (χ1n) is 5.60. The van der Waals surface area contributed by atoms with E-state index in [1.54, 1.807) is 19.9 Å². The number of nitrogens with zero attached hydrogens (tertiary/aromatic N) is 1. The second-order valence-corrected chi connectivity index (χ2v) is 5.97. The molecular formula is C11H14NO5PS. The van der Waals surface area contributed by atoms with Crippen molar-refractivity contribution in [3.63, 3.8) is 0 Å². The first-order chi connectivity index (χ1) is 9.09. The van der Waals surface area contributed by atoms with Crippen LogP contribution in [0.25, 0.3) is 0 Å². The molecule has 0 aromatic carbocycles. The average Bonchev–Trinajstić information content (AvgIpc) is 2.84. The number of thioether (sulfide) groups is 1. The number of carbonyl (C=O) groups excluding carboxylic acids is 1. The van der Waals surface area contributed by atoms with Gasteiger partial charge in [0, 0.05) is 11.3 Å². The van der Waals surface area contributed by atoms with Crippen molar-refractivity contribution < 1.29 is 22.8 Å². The molecule has 0 unspecified atom stereocenters. The Morgan fingerprint density at radius 1 is 1.47 bits per heavy atom. The van der Waals surface area contributed by atoms with E-state index in [9.17, 15) is 9.36 Å². The number of rotatable bonds is 8. The zero-order chi connectivity index (χ0) is 14.3. The summed E-state index contributed by atoms with van der Waals surface area (Å²) in [4.78, 5) is 12.2. The van der Waals surface area contributed by atoms with Gasteiger partial charge < -0.3 is 13.5 Å². The van der Waals surface area contributed by atoms with Crippen LogP contribution in [0.5, 0.6) is 0 Å². The third kappa shape index (κ3) is 3.95. The van der Waals surface area contributed by atoms with Gasteiger partial charge in [-0.25, -0.2) is 0 Å². The Balaban J connectivity index is 3.01. The molecule has 0 radical (unpaired) electrons. The highest BCUT2D eigenvalue weighted by molar-refractivity contribution is 8.02. The van der Waals surface area contributed by atoms with E-state index in [4.69, 9.17) is 18.7 Å². The summed E-state index contributed by atoms with van der Waals surface area (Å²) in [5.41, 5.74) is -0.314. The molecule has 0 aliphatic carbocycles. The van der Waals surface area contributed by atoms with Gasteiger partial charge in [-0.2, -0.15) is 5.26 Å². The number of thiocyanates is 1. The second kappa shape index (κ2) is 7.51. The van der Waals surface area contributed by atoms with Gasteiger partial charge in [0.15, 0.2) is 5.76 Å². The first-order valence-corrected chi connectivity index (χ1v) is 8.13. The summed E-state index contributed by atoms with van der Waals surface area (Å²) in [6, 6.07) is 1.56. The van der Waals surface area contributed by atoms with E-state index in [0.29, 0.717) is 5.56 Å². The van der Waals surface area contributed by atoms with Gasteiger partial charge in [0.25, 0.3) is 0 Å². The van der Waals surface area contributed by atoms with Crippen molar-refractivity contribution in [2.75, 3.05) is 13.2 Å². The van der Waals surface area contributed by atoms with E-state index in [1.807, 2.05) is 5.40 Å². The van der Waals surface area contributed by atoms with Crippen LogP contribution in [0.4, 0.5) is 0 Å². The minimum absolute atomic E-state index is 0.0759. The fourth-order valence-corrected chi connectivity index (χ4v) is 3.25. The number of hydrogen-bond donors (Lipinski definition) is 0. The SMILES string of the molecule is CCOP(=O)(OCC)C(=O)c1occc1CSC#N. The predicted molar refractivity (Wildman–Crippen MR) is 70.8 cm³/mol. The molecule has 0 atom stereocenters. The Bertz CT molecular complexity index is 511. The molecule has 1 aromatic rings. The van der Waals surface area contributed by atoms with Crippen molar-refractivity contribution in [2.24, 2.45) is 0 Å². The monoisotopic (exact) mass is 303 g/mol. The van der Waals surface area contributed by atoms with Crippen LogP contribution in [0.2, 0.25) is 0 Å². The number of nitriles is 1. The van der Waals surface area contributed by atoms with Crippen molar-refractivity contribution in [1.29, 1.82) is 5.26 Å². The summed E-state index contributed by atoms with van der Waals surface area (Å²) in [6.07, 6.45) is 1.31. The summed E-state index contributed by atoms with van der Waals surface area (Å²) in [5.74, 6) is 0.194. The fourth-order valence-electron chi connectivity index (χ4n) is 1.37. The van der Waals surface area contributed by atoms with Gasteiger partial charge >= 0.3 is 13.1 Å². The highest BCUT2D eigenvalue weighted by Crippen LogP contribution is 2.51. The Hall–Kier alpha value is -1.06. The summed E-state index contributed by atoms with van der Waals surface area (Å²) < 4.78 is 27.3. The Morgan fingerprint density at radius 3 is 2.63 bits per heavy atom. The number of hydrogen-bond acceptors (Lipinski definition) is 7. The molecule has 0 amide bonds. The lowest BCUT2D eigenvalue weighted by Crippen LogP contribution is -2.08. The molecule has 0 aliphatic rings. The standard InChI is InChI=1S/C11H14NO5PS/c1-3-16-18(14,17-4-2)11(13)10-9(5-6-15-10)7-19-8-12/h5-6H,3-4,7H2,1-2H3. The van der Waals surface area contributed by atoms with Crippen LogP contribution in [-0.4, -0.2) is 18.7 Å². The summed E-state index contributed by atoms with van der Waals surface area (Å²) in [7, 11) is -3.88. The molecule has 0 saturated heterocycles. The van der Waals surface area contributed by atoms with Crippen LogP contribution in [0, 0.1) is 10.7 Å². The molecule has 0 bridgehead atoms. The zero-order valence-corrected chi connectivity index (χ0v) is 12.3. The van der Waals surface area contributed by atoms with Gasteiger partial charge in [-0.15, -0.1) is 0 Å². The highest BCUT2D eigenvalue weighted by Gasteiger charge is 2.38. The van der Waals surface area contributed by atoms with E-state index in [0.717, 1.165) is 11.8 Å². The minimum atomic E-state index is -3.88. The van der Waals surface area contributed by atoms with Crippen LogP contribution in [0.1, 0.15) is 30.0 Å². The zero-order valence-electron chi connectivity index (χ0n) is 10.6. The van der Waals surface area contributed by atoms with Gasteiger partial charge in [0.2, 0.25) is 0 Å². The van der Waals surface area contributed by atoms with E-state index >= 15 is 0 Å². The Morgan fingerprint density at radius 2 is 2.11 bits per heavy atom. The third-order valence-corrected chi connectivity index (χ3v) is 4.56. The van der Waals surface area contributed by atoms with Crippen molar-refractivity contribution in [3.8, 4) is 5.40 Å². The van der Waals surface area contributed by atoms with Gasteiger partial charge in [-0.1, -0.05) is 0 Å². The summed E-state index contributed by atoms with van der Waals surface area (Å²) >= 11 is 0.957. The third-order valence-electron chi connectivity index (χ3n) is 2.08. The largest absolute Gasteiger partial charge is 0.460 e. The van der Waals surface area contributed by atoms with Crippen molar-refractivity contribution in [1.82, 2.24) is 0 Å². The van der Waals surface area contributed by atoms with Gasteiger partial charge in [-0.05, 0) is 31.7 Å². The lowest BCUT2D eigenvalue weighted by Gasteiger charge is -2.14. The predicted octanol–water partition coefficient (Wildman–Crippen LogP) is 3.40. The summed E-state index contributed by atoms with van der Waals surface area (Å²) in [6.45, 7) is 3.42. The van der Waals surface area contributed by atoms with Crippen molar-refractivity contribution >= 4 is 24.9 Å². The molecule has 8 heteroatoms. The molecule has 0 saturated carbocycles. The van der Waals surface area contributed by atoms with Crippen molar-refractivity contribution in [3.05, 3.63) is 23.7 Å². The number of furan rings is 1. The molecule has 6 nitrogen and oxygen atoms in total. The summed E-state index contributed by atoms with van der Waals surface area (Å²) in [5, 5.41) is 10.4. The molecule has 19 heavy (non-hydrogen) atoms. The maximum atomic E-state index is 12.3. The van der Waals surface area contributed by atoms with Gasteiger partial charge in [0.1, 0.15) is 5.40 Å². The van der Waals surface area contributed by atoms with Crippen LogP contribution < -0.4 is 0 Å². The van der Waals surface area contributed by atoms with E-state index < -0.39 is 13.1 Å². The molecule has 1 heterocycles. The van der Waals surface area contributed by atoms with Gasteiger partial charge in [-0.3, -0.25) is 9.36 Å². The van der Waals surface area contributed by atoms with Gasteiger partial charge in [0.05, 0.1) is 19.5 Å². The molecule has 0 spiro atoms. The molecule has 1 rings (SSSR count). The topological polar surface area (TPSA) is 89.5 Å². The molecular weight excluding hydrogens is 289 g/mol. The van der Waals surface area contributed by atoms with E-state index in [2.05, 4.69) is 0 Å². The Kier molecular flexibility index (Phi) is 6.32. The van der Waals surface area contributed by atoms with E-state index in [-0.39, 0.29) is 24.7 Å². The maximum Gasteiger partial charge on any atom is 0.404 e. The molecule has 1 aromatic heterocycles. The molecule has 0 fully saturated rings. The smallest absolute Gasteiger partial charge is 0.404 e. The van der Waals surface area contributed by atoms with Crippen LogP contribution in [0.3, 0.4) is 0 Å². The van der Waals surface area contributed by atoms with Crippen LogP contribution in [-0.2, 0) is 19.4 Å². The molecule has 0 aliphatic heterocycles. The normalized spacial score (nSPS) is 11.2. The minimum Gasteiger partial charge on any atom is -0.460 e. The van der Waals surface area contributed by atoms with Crippen molar-refractivity contribution in [2.45, 2.75) is 19.6 Å². The average molecular weight is 303 g/mol. The highest BCUT2D eigenvalue weighted by atomic mass is 32.2. The first kappa shape index (κ1) is 16.0. The quantitative estimate of drug-likeness (QED) is 0.537.